The van der Waals surface area contributed by atoms with E-state index in [9.17, 15) is 4.79 Å². The Morgan fingerprint density at radius 2 is 2.11 bits per heavy atom. The van der Waals surface area contributed by atoms with E-state index in [-0.39, 0.29) is 11.3 Å². The van der Waals surface area contributed by atoms with Crippen molar-refractivity contribution in [2.24, 2.45) is 11.3 Å². The molecule has 0 unspecified atom stereocenters. The van der Waals surface area contributed by atoms with Crippen LogP contribution in [0.25, 0.3) is 5.69 Å². The van der Waals surface area contributed by atoms with E-state index in [1.807, 2.05) is 6.07 Å². The zero-order valence-electron chi connectivity index (χ0n) is 15.8. The van der Waals surface area contributed by atoms with Crippen molar-refractivity contribution in [2.75, 3.05) is 13.1 Å². The minimum Gasteiger partial charge on any atom is -0.350 e. The number of fused-ring (bicyclic) bond motifs is 2. The SMILES string of the molecule is O=C(NCc1nn(-c2ccccc2)c2c1CCC2)[C@@]12CCCC[C@H]1CNC2. The molecule has 2 aliphatic carbocycles. The first kappa shape index (κ1) is 17.0. The maximum Gasteiger partial charge on any atom is 0.228 e. The molecule has 2 aromatic rings. The van der Waals surface area contributed by atoms with Crippen molar-refractivity contribution in [3.63, 3.8) is 0 Å². The Balaban J connectivity index is 1.37. The molecule has 142 valence electrons. The molecule has 0 radical (unpaired) electrons. The average Bonchev–Trinajstić information content (AvgIpc) is 3.42. The average molecular weight is 364 g/mol. The van der Waals surface area contributed by atoms with Gasteiger partial charge >= 0.3 is 0 Å². The summed E-state index contributed by atoms with van der Waals surface area (Å²) >= 11 is 0. The van der Waals surface area contributed by atoms with Gasteiger partial charge in [-0.05, 0) is 62.3 Å². The highest BCUT2D eigenvalue weighted by Gasteiger charge is 2.49. The van der Waals surface area contributed by atoms with Gasteiger partial charge in [0.05, 0.1) is 23.3 Å². The van der Waals surface area contributed by atoms with Crippen LogP contribution in [0, 0.1) is 11.3 Å². The van der Waals surface area contributed by atoms with Gasteiger partial charge in [0.2, 0.25) is 5.91 Å². The third-order valence-corrected chi connectivity index (χ3v) is 6.92. The lowest BCUT2D eigenvalue weighted by Crippen LogP contribution is -2.47. The van der Waals surface area contributed by atoms with Crippen molar-refractivity contribution in [3.8, 4) is 5.69 Å². The normalized spacial score (nSPS) is 26.6. The van der Waals surface area contributed by atoms with Crippen molar-refractivity contribution in [2.45, 2.75) is 51.5 Å². The van der Waals surface area contributed by atoms with E-state index in [4.69, 9.17) is 5.10 Å². The second-order valence-electron chi connectivity index (χ2n) is 8.39. The summed E-state index contributed by atoms with van der Waals surface area (Å²) in [5.74, 6) is 0.733. The van der Waals surface area contributed by atoms with E-state index in [0.717, 1.165) is 43.7 Å². The molecular weight excluding hydrogens is 336 g/mol. The fourth-order valence-corrected chi connectivity index (χ4v) is 5.47. The zero-order valence-corrected chi connectivity index (χ0v) is 15.8. The smallest absolute Gasteiger partial charge is 0.228 e. The number of nitrogens with one attached hydrogen (secondary N) is 2. The summed E-state index contributed by atoms with van der Waals surface area (Å²) in [6, 6.07) is 10.3. The van der Waals surface area contributed by atoms with Gasteiger partial charge in [0.25, 0.3) is 0 Å². The summed E-state index contributed by atoms with van der Waals surface area (Å²) in [5.41, 5.74) is 4.64. The van der Waals surface area contributed by atoms with Crippen molar-refractivity contribution < 1.29 is 4.79 Å². The number of hydrogen-bond donors (Lipinski definition) is 2. The molecule has 1 aliphatic heterocycles. The summed E-state index contributed by atoms with van der Waals surface area (Å²) in [4.78, 5) is 13.2. The van der Waals surface area contributed by atoms with Crippen LogP contribution in [0.5, 0.6) is 0 Å². The highest BCUT2D eigenvalue weighted by Crippen LogP contribution is 2.44. The van der Waals surface area contributed by atoms with Gasteiger partial charge in [-0.1, -0.05) is 31.0 Å². The molecule has 1 amide bonds. The summed E-state index contributed by atoms with van der Waals surface area (Å²) in [6.45, 7) is 2.38. The molecule has 2 atom stereocenters. The molecule has 1 saturated heterocycles. The molecule has 5 heteroatoms. The third-order valence-electron chi connectivity index (χ3n) is 6.92. The maximum atomic E-state index is 13.2. The van der Waals surface area contributed by atoms with Crippen LogP contribution in [0.15, 0.2) is 30.3 Å². The summed E-state index contributed by atoms with van der Waals surface area (Å²) < 4.78 is 2.09. The van der Waals surface area contributed by atoms with Crippen molar-refractivity contribution in [3.05, 3.63) is 47.3 Å². The van der Waals surface area contributed by atoms with Crippen LogP contribution < -0.4 is 10.6 Å². The number of aromatic nitrogens is 2. The Labute approximate surface area is 160 Å². The Morgan fingerprint density at radius 1 is 1.22 bits per heavy atom. The first-order valence-corrected chi connectivity index (χ1v) is 10.4. The van der Waals surface area contributed by atoms with Crippen LogP contribution in [0.2, 0.25) is 0 Å². The second-order valence-corrected chi connectivity index (χ2v) is 8.39. The van der Waals surface area contributed by atoms with Crippen molar-refractivity contribution in [1.82, 2.24) is 20.4 Å². The van der Waals surface area contributed by atoms with Crippen molar-refractivity contribution >= 4 is 5.91 Å². The van der Waals surface area contributed by atoms with Crippen LogP contribution in [0.3, 0.4) is 0 Å². The van der Waals surface area contributed by atoms with E-state index in [1.54, 1.807) is 0 Å². The molecule has 5 nitrogen and oxygen atoms in total. The molecule has 1 aromatic carbocycles. The molecule has 0 bridgehead atoms. The highest BCUT2D eigenvalue weighted by molar-refractivity contribution is 5.83. The van der Waals surface area contributed by atoms with E-state index in [0.29, 0.717) is 12.5 Å². The molecule has 1 saturated carbocycles. The monoisotopic (exact) mass is 364 g/mol. The van der Waals surface area contributed by atoms with Crippen molar-refractivity contribution in [1.29, 1.82) is 0 Å². The lowest BCUT2D eigenvalue weighted by atomic mass is 9.67. The Kier molecular flexibility index (Phi) is 4.27. The molecule has 2 fully saturated rings. The number of carbonyl (C=O) groups is 1. The number of amides is 1. The van der Waals surface area contributed by atoms with Crippen LogP contribution >= 0.6 is 0 Å². The predicted molar refractivity (Wildman–Crippen MR) is 105 cm³/mol. The molecule has 2 heterocycles. The van der Waals surface area contributed by atoms with Gasteiger partial charge in [0.1, 0.15) is 0 Å². The van der Waals surface area contributed by atoms with Gasteiger partial charge < -0.3 is 10.6 Å². The first-order valence-electron chi connectivity index (χ1n) is 10.4. The molecule has 5 rings (SSSR count). The fourth-order valence-electron chi connectivity index (χ4n) is 5.47. The van der Waals surface area contributed by atoms with E-state index in [1.165, 1.54) is 36.9 Å². The number of carbonyl (C=O) groups excluding carboxylic acids is 1. The van der Waals surface area contributed by atoms with Gasteiger partial charge in [0, 0.05) is 12.2 Å². The summed E-state index contributed by atoms with van der Waals surface area (Å²) in [5, 5.41) is 11.6. The van der Waals surface area contributed by atoms with E-state index in [2.05, 4.69) is 39.6 Å². The number of para-hydroxylation sites is 1. The second kappa shape index (κ2) is 6.79. The fraction of sp³-hybridized carbons (Fsp3) is 0.545. The van der Waals surface area contributed by atoms with Gasteiger partial charge in [-0.3, -0.25) is 4.79 Å². The summed E-state index contributed by atoms with van der Waals surface area (Å²) in [7, 11) is 0. The van der Waals surface area contributed by atoms with Gasteiger partial charge in [-0.25, -0.2) is 4.68 Å². The molecular formula is C22H28N4O. The highest BCUT2D eigenvalue weighted by atomic mass is 16.2. The standard InChI is InChI=1S/C22H28N4O/c27-21(22-12-5-4-7-16(22)13-23-15-22)24-14-19-18-10-6-11-20(18)26(25-19)17-8-2-1-3-9-17/h1-3,8-9,16,23H,4-7,10-15H2,(H,24,27)/t16-,22+/m0/s1. The number of rotatable bonds is 4. The zero-order chi connectivity index (χ0) is 18.3. The Bertz CT molecular complexity index is 843. The van der Waals surface area contributed by atoms with Crippen LogP contribution in [0.4, 0.5) is 0 Å². The number of hydrogen-bond acceptors (Lipinski definition) is 3. The molecule has 2 N–H and O–H groups in total. The molecule has 27 heavy (non-hydrogen) atoms. The Morgan fingerprint density at radius 3 is 3.00 bits per heavy atom. The molecule has 3 aliphatic rings. The Hall–Kier alpha value is -2.14. The minimum absolute atomic E-state index is 0.191. The predicted octanol–water partition coefficient (Wildman–Crippen LogP) is 2.76. The minimum atomic E-state index is -0.191. The topological polar surface area (TPSA) is 59.0 Å². The summed E-state index contributed by atoms with van der Waals surface area (Å²) in [6.07, 6.45) is 7.95. The largest absolute Gasteiger partial charge is 0.350 e. The quantitative estimate of drug-likeness (QED) is 0.877. The maximum absolute atomic E-state index is 13.2. The van der Waals surface area contributed by atoms with Crippen LogP contribution in [-0.4, -0.2) is 28.8 Å². The van der Waals surface area contributed by atoms with E-state index >= 15 is 0 Å². The lowest BCUT2D eigenvalue weighted by Gasteiger charge is -2.37. The molecule has 0 spiro atoms. The van der Waals surface area contributed by atoms with Crippen LogP contribution in [0.1, 0.15) is 49.1 Å². The van der Waals surface area contributed by atoms with Gasteiger partial charge in [-0.2, -0.15) is 5.10 Å². The lowest BCUT2D eigenvalue weighted by molar-refractivity contribution is -0.134. The third kappa shape index (κ3) is 2.80. The first-order chi connectivity index (χ1) is 13.3. The van der Waals surface area contributed by atoms with Gasteiger partial charge in [0.15, 0.2) is 0 Å². The number of nitrogens with zero attached hydrogens (tertiary/aromatic N) is 2. The van der Waals surface area contributed by atoms with Crippen LogP contribution in [-0.2, 0) is 24.2 Å². The molecule has 1 aromatic heterocycles. The van der Waals surface area contributed by atoms with E-state index < -0.39 is 0 Å². The number of benzene rings is 1. The van der Waals surface area contributed by atoms with Gasteiger partial charge in [-0.15, -0.1) is 0 Å².